The summed E-state index contributed by atoms with van der Waals surface area (Å²) in [6.45, 7) is 10.7. The lowest BCUT2D eigenvalue weighted by Gasteiger charge is -2.23. The molecule has 0 unspecified atom stereocenters. The predicted octanol–water partition coefficient (Wildman–Crippen LogP) is 2.62. The van der Waals surface area contributed by atoms with E-state index < -0.39 is 14.8 Å². The van der Waals surface area contributed by atoms with Gasteiger partial charge in [0.2, 0.25) is 10.0 Å². The van der Waals surface area contributed by atoms with Crippen LogP contribution in [-0.2, 0) is 10.0 Å². The van der Waals surface area contributed by atoms with Crippen LogP contribution in [0.2, 0.25) is 0 Å². The number of allylic oxidation sites excluding steroid dienone is 1. The van der Waals surface area contributed by atoms with E-state index in [0.717, 1.165) is 6.42 Å². The zero-order valence-electron chi connectivity index (χ0n) is 10.7. The molecule has 94 valence electrons. The Morgan fingerprint density at radius 1 is 1.38 bits per heavy atom. The van der Waals surface area contributed by atoms with Crippen LogP contribution in [0, 0.1) is 0 Å². The van der Waals surface area contributed by atoms with Gasteiger partial charge in [-0.1, -0.05) is 25.2 Å². The van der Waals surface area contributed by atoms with E-state index >= 15 is 0 Å². The van der Waals surface area contributed by atoms with Crippen molar-refractivity contribution in [2.75, 3.05) is 0 Å². The van der Waals surface area contributed by atoms with Crippen LogP contribution in [-0.4, -0.2) is 19.2 Å². The van der Waals surface area contributed by atoms with Gasteiger partial charge in [-0.2, -0.15) is 0 Å². The van der Waals surface area contributed by atoms with E-state index in [1.807, 2.05) is 19.1 Å². The highest BCUT2D eigenvalue weighted by Crippen LogP contribution is 2.14. The Bertz CT molecular complexity index is 337. The molecule has 3 nitrogen and oxygen atoms in total. The number of sulfonamides is 1. The number of rotatable bonds is 6. The van der Waals surface area contributed by atoms with Gasteiger partial charge in [0.1, 0.15) is 0 Å². The molecule has 16 heavy (non-hydrogen) atoms. The molecule has 0 spiro atoms. The van der Waals surface area contributed by atoms with Crippen molar-refractivity contribution in [3.05, 3.63) is 24.8 Å². The van der Waals surface area contributed by atoms with Crippen molar-refractivity contribution in [3.63, 3.8) is 0 Å². The average molecular weight is 245 g/mol. The summed E-state index contributed by atoms with van der Waals surface area (Å²) >= 11 is 0. The van der Waals surface area contributed by atoms with Crippen LogP contribution >= 0.6 is 0 Å². The summed E-state index contributed by atoms with van der Waals surface area (Å²) in [7, 11) is -3.30. The van der Waals surface area contributed by atoms with Crippen LogP contribution in [0.1, 0.15) is 40.5 Å². The lowest BCUT2D eigenvalue weighted by Crippen LogP contribution is -2.43. The van der Waals surface area contributed by atoms with Crippen molar-refractivity contribution in [2.24, 2.45) is 0 Å². The van der Waals surface area contributed by atoms with Gasteiger partial charge in [0, 0.05) is 6.04 Å². The molecule has 0 rings (SSSR count). The molecular formula is C12H23NO2S. The van der Waals surface area contributed by atoms with Crippen LogP contribution in [0.3, 0.4) is 0 Å². The Kier molecular flexibility index (Phi) is 5.97. The van der Waals surface area contributed by atoms with Crippen molar-refractivity contribution in [1.29, 1.82) is 0 Å². The van der Waals surface area contributed by atoms with Crippen molar-refractivity contribution < 1.29 is 8.42 Å². The second-order valence-electron chi connectivity index (χ2n) is 4.70. The fourth-order valence-corrected chi connectivity index (χ4v) is 1.95. The first-order valence-electron chi connectivity index (χ1n) is 5.54. The monoisotopic (exact) mass is 245 g/mol. The summed E-state index contributed by atoms with van der Waals surface area (Å²) < 4.78 is 25.7. The van der Waals surface area contributed by atoms with Gasteiger partial charge in [0.15, 0.2) is 0 Å². The fraction of sp³-hybridized carbons (Fsp3) is 0.667. The Morgan fingerprint density at radius 3 is 2.31 bits per heavy atom. The maximum Gasteiger partial charge on any atom is 0.217 e. The fourth-order valence-electron chi connectivity index (χ4n) is 1.02. The van der Waals surface area contributed by atoms with Crippen LogP contribution < -0.4 is 4.72 Å². The van der Waals surface area contributed by atoms with Gasteiger partial charge < -0.3 is 0 Å². The van der Waals surface area contributed by atoms with Crippen LogP contribution in [0.25, 0.3) is 0 Å². The Morgan fingerprint density at radius 2 is 1.94 bits per heavy atom. The first kappa shape index (κ1) is 15.4. The van der Waals surface area contributed by atoms with Crippen molar-refractivity contribution in [1.82, 2.24) is 4.72 Å². The van der Waals surface area contributed by atoms with Gasteiger partial charge in [-0.3, -0.25) is 0 Å². The first-order chi connectivity index (χ1) is 7.24. The molecular weight excluding hydrogens is 222 g/mol. The third-order valence-electron chi connectivity index (χ3n) is 2.14. The maximum absolute atomic E-state index is 11.9. The van der Waals surface area contributed by atoms with E-state index in [2.05, 4.69) is 11.3 Å². The summed E-state index contributed by atoms with van der Waals surface area (Å²) in [6.07, 6.45) is 7.05. The zero-order chi connectivity index (χ0) is 12.8. The molecule has 0 aliphatic carbocycles. The van der Waals surface area contributed by atoms with Gasteiger partial charge in [-0.25, -0.2) is 13.1 Å². The second-order valence-corrected chi connectivity index (χ2v) is 7.17. The number of hydrogen-bond donors (Lipinski definition) is 1. The highest BCUT2D eigenvalue weighted by Gasteiger charge is 2.30. The van der Waals surface area contributed by atoms with Gasteiger partial charge in [0.25, 0.3) is 0 Å². The highest BCUT2D eigenvalue weighted by molar-refractivity contribution is 7.90. The Hall–Kier alpha value is -0.610. The summed E-state index contributed by atoms with van der Waals surface area (Å²) in [5.74, 6) is 0. The summed E-state index contributed by atoms with van der Waals surface area (Å²) in [4.78, 5) is 0. The minimum atomic E-state index is -3.30. The molecule has 0 saturated carbocycles. The Balaban J connectivity index is 4.76. The van der Waals surface area contributed by atoms with Gasteiger partial charge in [-0.15, -0.1) is 6.58 Å². The summed E-state index contributed by atoms with van der Waals surface area (Å²) in [5.41, 5.74) is 0. The van der Waals surface area contributed by atoms with Crippen LogP contribution in [0.15, 0.2) is 24.8 Å². The molecule has 0 aliphatic heterocycles. The highest BCUT2D eigenvalue weighted by atomic mass is 32.2. The van der Waals surface area contributed by atoms with E-state index in [9.17, 15) is 8.42 Å². The zero-order valence-corrected chi connectivity index (χ0v) is 11.5. The molecule has 0 heterocycles. The molecule has 0 aliphatic rings. The quantitative estimate of drug-likeness (QED) is 0.731. The van der Waals surface area contributed by atoms with Crippen molar-refractivity contribution in [2.45, 2.75) is 51.3 Å². The predicted molar refractivity (Wildman–Crippen MR) is 69.8 cm³/mol. The standard InChI is InChI=1S/C12H23NO2S/c1-6-8-10-11(9-7-2)13-16(14,15)12(3,4)5/h7-8,10-11,13H,2,6,9H2,1,3-5H3/b10-8-/t11-/m1/s1. The molecule has 0 fully saturated rings. The third-order valence-corrected chi connectivity index (χ3v) is 4.36. The lowest BCUT2D eigenvalue weighted by atomic mass is 10.2. The largest absolute Gasteiger partial charge is 0.217 e. The smallest absolute Gasteiger partial charge is 0.212 e. The molecule has 0 amide bonds. The van der Waals surface area contributed by atoms with E-state index in [1.54, 1.807) is 26.8 Å². The van der Waals surface area contributed by atoms with E-state index in [1.165, 1.54) is 0 Å². The van der Waals surface area contributed by atoms with E-state index in [-0.39, 0.29) is 6.04 Å². The average Bonchev–Trinajstić information content (AvgIpc) is 2.12. The Labute approximate surface area is 99.7 Å². The molecule has 0 radical (unpaired) electrons. The third kappa shape index (κ3) is 4.94. The van der Waals surface area contributed by atoms with Gasteiger partial charge in [0.05, 0.1) is 4.75 Å². The molecule has 0 aromatic rings. The van der Waals surface area contributed by atoms with E-state index in [4.69, 9.17) is 0 Å². The first-order valence-corrected chi connectivity index (χ1v) is 7.02. The molecule has 0 aromatic carbocycles. The molecule has 4 heteroatoms. The van der Waals surface area contributed by atoms with Crippen LogP contribution in [0.4, 0.5) is 0 Å². The summed E-state index contributed by atoms with van der Waals surface area (Å²) in [5, 5.41) is 0. The summed E-state index contributed by atoms with van der Waals surface area (Å²) in [6, 6.07) is -0.193. The number of hydrogen-bond acceptors (Lipinski definition) is 2. The maximum atomic E-state index is 11.9. The van der Waals surface area contributed by atoms with Crippen molar-refractivity contribution in [3.8, 4) is 0 Å². The topological polar surface area (TPSA) is 46.2 Å². The van der Waals surface area contributed by atoms with E-state index in [0.29, 0.717) is 6.42 Å². The van der Waals surface area contributed by atoms with Crippen LogP contribution in [0.5, 0.6) is 0 Å². The van der Waals surface area contributed by atoms with Gasteiger partial charge in [-0.05, 0) is 33.6 Å². The number of nitrogens with one attached hydrogen (secondary N) is 1. The second kappa shape index (κ2) is 6.21. The lowest BCUT2D eigenvalue weighted by molar-refractivity contribution is 0.536. The minimum absolute atomic E-state index is 0.193. The van der Waals surface area contributed by atoms with Gasteiger partial charge >= 0.3 is 0 Å². The minimum Gasteiger partial charge on any atom is -0.212 e. The van der Waals surface area contributed by atoms with Crippen molar-refractivity contribution >= 4 is 10.0 Å². The molecule has 1 atom stereocenters. The molecule has 1 N–H and O–H groups in total. The normalized spacial score (nSPS) is 15.2. The molecule has 0 saturated heterocycles. The molecule has 0 bridgehead atoms. The molecule has 0 aromatic heterocycles. The SMILES string of the molecule is C=CC[C@H](/C=C\CC)NS(=O)(=O)C(C)(C)C.